The van der Waals surface area contributed by atoms with Crippen LogP contribution >= 0.6 is 11.3 Å². The summed E-state index contributed by atoms with van der Waals surface area (Å²) in [6, 6.07) is 11.3. The van der Waals surface area contributed by atoms with Crippen LogP contribution in [0.15, 0.2) is 48.1 Å². The average Bonchev–Trinajstić information content (AvgIpc) is 3.87. The number of hydrogen-bond acceptors (Lipinski definition) is 10. The van der Waals surface area contributed by atoms with Crippen LogP contribution < -0.4 is 26.2 Å². The summed E-state index contributed by atoms with van der Waals surface area (Å²) in [4.78, 5) is 70.8. The van der Waals surface area contributed by atoms with Crippen LogP contribution in [0.4, 0.5) is 5.82 Å². The van der Waals surface area contributed by atoms with Crippen LogP contribution in [0.3, 0.4) is 0 Å². The molecule has 4 fully saturated rings. The maximum absolute atomic E-state index is 14.1. The Kier molecular flexibility index (Phi) is 13.0. The first kappa shape index (κ1) is 44.6. The summed E-state index contributed by atoms with van der Waals surface area (Å²) >= 11 is 1.61. The number of aryl methyl sites for hydroxylation is 1. The van der Waals surface area contributed by atoms with E-state index in [9.17, 15) is 19.2 Å². The number of amides is 4. The molecule has 0 radical (unpaired) electrons. The zero-order valence-electron chi connectivity index (χ0n) is 37.6. The molecule has 0 bridgehead atoms. The van der Waals surface area contributed by atoms with Gasteiger partial charge >= 0.3 is 0 Å². The van der Waals surface area contributed by atoms with Crippen molar-refractivity contribution in [2.24, 2.45) is 16.2 Å². The van der Waals surface area contributed by atoms with Gasteiger partial charge in [0.25, 0.3) is 5.91 Å². The Morgan fingerprint density at radius 2 is 1.59 bits per heavy atom. The van der Waals surface area contributed by atoms with Gasteiger partial charge < -0.3 is 31.1 Å². The van der Waals surface area contributed by atoms with Crippen molar-refractivity contribution in [3.05, 3.63) is 64.9 Å². The van der Waals surface area contributed by atoms with Gasteiger partial charge in [-0.3, -0.25) is 24.1 Å². The van der Waals surface area contributed by atoms with Gasteiger partial charge in [0.05, 0.1) is 34.2 Å². The van der Waals surface area contributed by atoms with E-state index in [1.54, 1.807) is 22.4 Å². The number of anilines is 1. The first-order chi connectivity index (χ1) is 28.8. The zero-order valence-corrected chi connectivity index (χ0v) is 38.5. The Hall–Kier alpha value is -4.40. The molecule has 4 aliphatic rings. The third-order valence-electron chi connectivity index (χ3n) is 13.6. The van der Waals surface area contributed by atoms with Gasteiger partial charge in [0.2, 0.25) is 17.7 Å². The number of pyridine rings is 1. The lowest BCUT2D eigenvalue weighted by atomic mass is 9.52. The number of likely N-dealkylation sites (tertiary alicyclic amines) is 1. The lowest BCUT2D eigenvalue weighted by molar-refractivity contribution is -0.144. The number of nitrogens with zero attached hydrogens (tertiary/aromatic N) is 5. The molecule has 13 nitrogen and oxygen atoms in total. The van der Waals surface area contributed by atoms with Crippen molar-refractivity contribution < 1.29 is 19.2 Å². The van der Waals surface area contributed by atoms with E-state index in [4.69, 9.17) is 0 Å². The predicted molar refractivity (Wildman–Crippen MR) is 241 cm³/mol. The summed E-state index contributed by atoms with van der Waals surface area (Å²) in [5.74, 6) is 0.221. The molecule has 1 aromatic carbocycles. The maximum Gasteiger partial charge on any atom is 0.253 e. The summed E-state index contributed by atoms with van der Waals surface area (Å²) in [5, 5.41) is 12.9. The fourth-order valence-corrected chi connectivity index (χ4v) is 11.3. The minimum Gasteiger partial charge on any atom is -0.354 e. The quantitative estimate of drug-likeness (QED) is 0.170. The molecule has 330 valence electrons. The van der Waals surface area contributed by atoms with E-state index in [2.05, 4.69) is 80.9 Å². The highest BCUT2D eigenvalue weighted by Gasteiger charge is 2.53. The van der Waals surface area contributed by atoms with Gasteiger partial charge in [-0.1, -0.05) is 72.7 Å². The van der Waals surface area contributed by atoms with Crippen LogP contribution in [-0.4, -0.2) is 113 Å². The van der Waals surface area contributed by atoms with Crippen LogP contribution in [-0.2, 0) is 14.4 Å². The van der Waals surface area contributed by atoms with Gasteiger partial charge in [-0.05, 0) is 85.5 Å². The van der Waals surface area contributed by atoms with Gasteiger partial charge in [0.1, 0.15) is 17.9 Å². The van der Waals surface area contributed by atoms with Crippen molar-refractivity contribution in [2.75, 3.05) is 44.2 Å². The number of rotatable bonds is 13. The smallest absolute Gasteiger partial charge is 0.253 e. The number of hydrogen-bond donors (Lipinski definition) is 4. The highest BCUT2D eigenvalue weighted by Crippen LogP contribution is 2.53. The Bertz CT molecular complexity index is 2030. The summed E-state index contributed by atoms with van der Waals surface area (Å²) in [6.45, 7) is 22.8. The minimum atomic E-state index is -0.768. The number of aromatic nitrogens is 2. The Balaban J connectivity index is 0.831. The molecule has 4 heterocycles. The van der Waals surface area contributed by atoms with E-state index in [1.807, 2.05) is 64.4 Å². The third-order valence-corrected chi connectivity index (χ3v) is 14.6. The number of carbonyl (C=O) groups is 4. The normalized spacial score (nSPS) is 23.7. The van der Waals surface area contributed by atoms with Gasteiger partial charge in [0, 0.05) is 57.0 Å². The van der Waals surface area contributed by atoms with Gasteiger partial charge in [-0.15, -0.1) is 11.3 Å². The fraction of sp³-hybridized carbons (Fsp3) is 0.617. The molecule has 7 rings (SSSR count). The van der Waals surface area contributed by atoms with Crippen molar-refractivity contribution in [1.29, 1.82) is 0 Å². The topological polar surface area (TPSA) is 152 Å². The second-order valence-corrected chi connectivity index (χ2v) is 21.2. The summed E-state index contributed by atoms with van der Waals surface area (Å²) < 4.78 is 0. The second-order valence-electron chi connectivity index (χ2n) is 20.4. The largest absolute Gasteiger partial charge is 0.354 e. The number of carbonyl (C=O) groups excluding carboxylic acids is 4. The Morgan fingerprint density at radius 1 is 0.902 bits per heavy atom. The van der Waals surface area contributed by atoms with E-state index in [1.165, 1.54) is 0 Å². The van der Waals surface area contributed by atoms with Crippen LogP contribution in [0.1, 0.15) is 115 Å². The van der Waals surface area contributed by atoms with E-state index < -0.39 is 17.5 Å². The Morgan fingerprint density at radius 3 is 2.18 bits per heavy atom. The van der Waals surface area contributed by atoms with Crippen LogP contribution in [0.25, 0.3) is 10.4 Å². The molecule has 2 saturated heterocycles. The fourth-order valence-electron chi connectivity index (χ4n) is 10.4. The number of benzene rings is 1. The average molecular weight is 854 g/mol. The second kappa shape index (κ2) is 17.8. The zero-order chi connectivity index (χ0) is 43.9. The lowest BCUT2D eigenvalue weighted by Crippen LogP contribution is -2.63. The van der Waals surface area contributed by atoms with Crippen molar-refractivity contribution in [3.63, 3.8) is 0 Å². The van der Waals surface area contributed by atoms with E-state index >= 15 is 0 Å². The molecule has 2 aromatic heterocycles. The predicted octanol–water partition coefficient (Wildman–Crippen LogP) is 5.71. The number of thiazole rings is 1. The molecule has 0 spiro atoms. The van der Waals surface area contributed by atoms with Crippen molar-refractivity contribution in [2.45, 2.75) is 131 Å². The highest BCUT2D eigenvalue weighted by atomic mass is 32.1. The lowest BCUT2D eigenvalue weighted by Gasteiger charge is -2.57. The van der Waals surface area contributed by atoms with E-state index in [0.717, 1.165) is 79.4 Å². The first-order valence-corrected chi connectivity index (χ1v) is 23.1. The monoisotopic (exact) mass is 854 g/mol. The number of nitrogens with one attached hydrogen (secondary N) is 4. The molecular weight excluding hydrogens is 787 g/mol. The van der Waals surface area contributed by atoms with E-state index in [-0.39, 0.29) is 59.1 Å². The summed E-state index contributed by atoms with van der Waals surface area (Å²) in [5.41, 5.74) is 5.15. The molecule has 2 saturated carbocycles. The molecule has 3 atom stereocenters. The Labute approximate surface area is 366 Å². The van der Waals surface area contributed by atoms with Crippen molar-refractivity contribution in [3.8, 4) is 10.4 Å². The van der Waals surface area contributed by atoms with E-state index in [0.29, 0.717) is 24.6 Å². The molecule has 2 aliphatic heterocycles. The standard InChI is InChI=1S/C47H67N9O4S/c1-29(31-12-14-32(15-13-31)39-30(2)50-28-61-39)51-42(59)36-11-10-18-56(36)43(60)40(45(3,4)5)52-38(57)26-48-34-23-35(24-34)54-19-21-55(22-20-54)37-17-16-33(25-49-37)41(58)53-44-46(6,7)27-47(44,8)9/h12-17,25,28-29,34-36,40,44,48H,10-11,18-24,26-27H2,1-9H3,(H,51,59)(H,52,57)(H,53,58)/t29-,34?,35?,36-,40+/m0/s1. The molecule has 4 amide bonds. The van der Waals surface area contributed by atoms with Crippen molar-refractivity contribution in [1.82, 2.24) is 41.0 Å². The van der Waals surface area contributed by atoms with Gasteiger partial charge in [-0.2, -0.15) is 0 Å². The van der Waals surface area contributed by atoms with Crippen LogP contribution in [0.2, 0.25) is 0 Å². The minimum absolute atomic E-state index is 0.0631. The SMILES string of the molecule is Cc1ncsc1-c1ccc([C@H](C)NC(=O)[C@@H]2CCCN2C(=O)[C@@H](NC(=O)CNC2CC(N3CCN(c4ccc(C(=O)NC5C(C)(C)CC5(C)C)cn4)CC3)C2)C(C)(C)C)cc1. The third kappa shape index (κ3) is 9.97. The van der Waals surface area contributed by atoms with Crippen LogP contribution in [0.5, 0.6) is 0 Å². The highest BCUT2D eigenvalue weighted by molar-refractivity contribution is 7.13. The summed E-state index contributed by atoms with van der Waals surface area (Å²) in [6.07, 6.45) is 6.02. The molecular formula is C47H67N9O4S. The molecule has 2 aliphatic carbocycles. The first-order valence-electron chi connectivity index (χ1n) is 22.2. The maximum atomic E-state index is 14.1. The molecule has 4 N–H and O–H groups in total. The van der Waals surface area contributed by atoms with Gasteiger partial charge in [0.15, 0.2) is 0 Å². The number of piperazine rings is 1. The molecule has 0 unspecified atom stereocenters. The molecule has 14 heteroatoms. The van der Waals surface area contributed by atoms with Crippen molar-refractivity contribution >= 4 is 40.8 Å². The molecule has 61 heavy (non-hydrogen) atoms. The van der Waals surface area contributed by atoms with Crippen LogP contribution in [0, 0.1) is 23.2 Å². The molecule has 3 aromatic rings. The summed E-state index contributed by atoms with van der Waals surface area (Å²) in [7, 11) is 0. The van der Waals surface area contributed by atoms with Gasteiger partial charge in [-0.25, -0.2) is 9.97 Å².